The van der Waals surface area contributed by atoms with Gasteiger partial charge in [0.15, 0.2) is 5.17 Å². The SMILES string of the molecule is COc1ccc(Cl)cc1N=C1NC(=O)/C(=C/c2ccc(OCc3ccc([N+](=O)[O-])cc3)cc2)S1. The molecule has 0 spiro atoms. The third-order valence-electron chi connectivity index (χ3n) is 4.74. The largest absolute Gasteiger partial charge is 0.494 e. The van der Waals surface area contributed by atoms with Gasteiger partial charge in [0, 0.05) is 17.2 Å². The first-order chi connectivity index (χ1) is 16.4. The molecule has 0 unspecified atom stereocenters. The number of hydrogen-bond acceptors (Lipinski definition) is 7. The minimum Gasteiger partial charge on any atom is -0.494 e. The number of nitrogens with zero attached hydrogens (tertiary/aromatic N) is 2. The van der Waals surface area contributed by atoms with Gasteiger partial charge in [0.2, 0.25) is 0 Å². The third kappa shape index (κ3) is 5.75. The number of ether oxygens (including phenoxy) is 2. The lowest BCUT2D eigenvalue weighted by Crippen LogP contribution is -2.19. The lowest BCUT2D eigenvalue weighted by molar-refractivity contribution is -0.384. The van der Waals surface area contributed by atoms with E-state index in [1.807, 2.05) is 12.1 Å². The molecule has 1 aliphatic rings. The Balaban J connectivity index is 1.41. The molecule has 0 aliphatic carbocycles. The topological polar surface area (TPSA) is 103 Å². The number of rotatable bonds is 7. The van der Waals surface area contributed by atoms with Crippen molar-refractivity contribution in [3.05, 3.63) is 97.9 Å². The zero-order valence-electron chi connectivity index (χ0n) is 17.9. The van der Waals surface area contributed by atoms with Crippen molar-refractivity contribution in [2.75, 3.05) is 7.11 Å². The molecule has 0 radical (unpaired) electrons. The summed E-state index contributed by atoms with van der Waals surface area (Å²) in [6.45, 7) is 0.281. The molecular formula is C24H18ClN3O5S. The molecule has 1 saturated heterocycles. The molecular weight excluding hydrogens is 478 g/mol. The quantitative estimate of drug-likeness (QED) is 0.255. The number of aliphatic imine (C=N–C) groups is 1. The number of nitrogens with one attached hydrogen (secondary N) is 1. The molecule has 1 fully saturated rings. The Morgan fingerprint density at radius 3 is 2.53 bits per heavy atom. The Morgan fingerprint density at radius 2 is 1.85 bits per heavy atom. The molecule has 0 bridgehead atoms. The van der Waals surface area contributed by atoms with Crippen LogP contribution >= 0.6 is 23.4 Å². The number of benzene rings is 3. The van der Waals surface area contributed by atoms with Crippen LogP contribution in [0.5, 0.6) is 11.5 Å². The Labute approximate surface area is 204 Å². The second-order valence-electron chi connectivity index (χ2n) is 7.08. The molecule has 3 aromatic carbocycles. The van der Waals surface area contributed by atoms with Crippen LogP contribution in [0.1, 0.15) is 11.1 Å². The van der Waals surface area contributed by atoms with Crippen molar-refractivity contribution in [3.8, 4) is 11.5 Å². The van der Waals surface area contributed by atoms with Crippen molar-refractivity contribution >= 4 is 51.9 Å². The van der Waals surface area contributed by atoms with Gasteiger partial charge in [0.25, 0.3) is 11.6 Å². The van der Waals surface area contributed by atoms with Crippen LogP contribution in [-0.4, -0.2) is 23.1 Å². The second kappa shape index (κ2) is 10.4. The number of carbonyl (C=O) groups excluding carboxylic acids is 1. The standard InChI is InChI=1S/C24H18ClN3O5S/c1-32-21-11-6-17(25)13-20(21)26-24-27-23(29)22(34-24)12-15-4-9-19(10-5-15)33-14-16-2-7-18(8-3-16)28(30)31/h2-13H,14H2,1H3,(H,26,27,29)/b22-12-. The number of methoxy groups -OCH3 is 1. The lowest BCUT2D eigenvalue weighted by Gasteiger charge is -2.06. The number of halogens is 1. The summed E-state index contributed by atoms with van der Waals surface area (Å²) in [6, 6.07) is 18.5. The summed E-state index contributed by atoms with van der Waals surface area (Å²) in [5.74, 6) is 0.941. The highest BCUT2D eigenvalue weighted by molar-refractivity contribution is 8.18. The molecule has 1 amide bonds. The molecule has 4 rings (SSSR count). The van der Waals surface area contributed by atoms with E-state index in [2.05, 4.69) is 10.3 Å². The fourth-order valence-electron chi connectivity index (χ4n) is 3.03. The van der Waals surface area contributed by atoms with Crippen LogP contribution in [0, 0.1) is 10.1 Å². The lowest BCUT2D eigenvalue weighted by atomic mass is 10.2. The minimum atomic E-state index is -0.441. The molecule has 8 nitrogen and oxygen atoms in total. The fourth-order valence-corrected chi connectivity index (χ4v) is 4.03. The van der Waals surface area contributed by atoms with Gasteiger partial charge in [0.05, 0.1) is 16.9 Å². The average molecular weight is 496 g/mol. The number of amides is 1. The molecule has 1 N–H and O–H groups in total. The van der Waals surface area contributed by atoms with Gasteiger partial charge >= 0.3 is 0 Å². The number of carbonyl (C=O) groups is 1. The summed E-state index contributed by atoms with van der Waals surface area (Å²) in [4.78, 5) is 27.6. The highest BCUT2D eigenvalue weighted by Gasteiger charge is 2.24. The van der Waals surface area contributed by atoms with Crippen molar-refractivity contribution in [1.29, 1.82) is 0 Å². The Hall–Kier alpha value is -3.82. The summed E-state index contributed by atoms with van der Waals surface area (Å²) in [5.41, 5.74) is 2.20. The van der Waals surface area contributed by atoms with Gasteiger partial charge in [-0.05, 0) is 71.4 Å². The summed E-state index contributed by atoms with van der Waals surface area (Å²) in [6.07, 6.45) is 1.76. The van der Waals surface area contributed by atoms with Gasteiger partial charge in [-0.1, -0.05) is 23.7 Å². The maximum atomic E-state index is 12.4. The fraction of sp³-hybridized carbons (Fsp3) is 0.0833. The number of amidine groups is 1. The van der Waals surface area contributed by atoms with Crippen molar-refractivity contribution < 1.29 is 19.2 Å². The van der Waals surface area contributed by atoms with Crippen LogP contribution < -0.4 is 14.8 Å². The average Bonchev–Trinajstić information content (AvgIpc) is 3.17. The van der Waals surface area contributed by atoms with E-state index in [0.29, 0.717) is 32.3 Å². The summed E-state index contributed by atoms with van der Waals surface area (Å²) in [7, 11) is 1.54. The summed E-state index contributed by atoms with van der Waals surface area (Å²) >= 11 is 7.27. The maximum Gasteiger partial charge on any atom is 0.269 e. The van der Waals surface area contributed by atoms with Crippen molar-refractivity contribution in [2.24, 2.45) is 4.99 Å². The van der Waals surface area contributed by atoms with Gasteiger partial charge in [-0.25, -0.2) is 4.99 Å². The first-order valence-electron chi connectivity index (χ1n) is 10.0. The smallest absolute Gasteiger partial charge is 0.269 e. The van der Waals surface area contributed by atoms with Crippen LogP contribution in [0.3, 0.4) is 0 Å². The molecule has 34 heavy (non-hydrogen) atoms. The normalized spacial score (nSPS) is 15.4. The van der Waals surface area contributed by atoms with Crippen LogP contribution in [0.4, 0.5) is 11.4 Å². The number of non-ortho nitro benzene ring substituents is 1. The molecule has 172 valence electrons. The van der Waals surface area contributed by atoms with E-state index in [1.165, 1.54) is 31.0 Å². The van der Waals surface area contributed by atoms with Gasteiger partial charge in [-0.3, -0.25) is 14.9 Å². The third-order valence-corrected chi connectivity index (χ3v) is 5.89. The Morgan fingerprint density at radius 1 is 1.12 bits per heavy atom. The van der Waals surface area contributed by atoms with E-state index >= 15 is 0 Å². The molecule has 0 atom stereocenters. The van der Waals surface area contributed by atoms with Crippen molar-refractivity contribution in [1.82, 2.24) is 5.32 Å². The van der Waals surface area contributed by atoms with Gasteiger partial charge in [-0.15, -0.1) is 0 Å². The molecule has 1 heterocycles. The summed E-state index contributed by atoms with van der Waals surface area (Å²) in [5, 5.41) is 14.4. The first-order valence-corrected chi connectivity index (χ1v) is 11.2. The second-order valence-corrected chi connectivity index (χ2v) is 8.55. The van der Waals surface area contributed by atoms with Gasteiger partial charge < -0.3 is 14.8 Å². The summed E-state index contributed by atoms with van der Waals surface area (Å²) < 4.78 is 11.0. The van der Waals surface area contributed by atoms with Crippen LogP contribution in [0.15, 0.2) is 76.6 Å². The van der Waals surface area contributed by atoms with Crippen molar-refractivity contribution in [2.45, 2.75) is 6.61 Å². The number of thioether (sulfide) groups is 1. The number of nitro benzene ring substituents is 1. The minimum absolute atomic E-state index is 0.0369. The van der Waals surface area contributed by atoms with Crippen LogP contribution in [0.2, 0.25) is 5.02 Å². The molecule has 10 heteroatoms. The van der Waals surface area contributed by atoms with E-state index in [-0.39, 0.29) is 18.2 Å². The molecule has 3 aromatic rings. The number of nitro groups is 1. The van der Waals surface area contributed by atoms with Crippen molar-refractivity contribution in [3.63, 3.8) is 0 Å². The molecule has 1 aliphatic heterocycles. The van der Waals surface area contributed by atoms with Gasteiger partial charge in [-0.2, -0.15) is 0 Å². The molecule has 0 saturated carbocycles. The van der Waals surface area contributed by atoms with E-state index < -0.39 is 4.92 Å². The monoisotopic (exact) mass is 495 g/mol. The number of hydrogen-bond donors (Lipinski definition) is 1. The van der Waals surface area contributed by atoms with E-state index in [4.69, 9.17) is 21.1 Å². The zero-order chi connectivity index (χ0) is 24.1. The van der Waals surface area contributed by atoms with Crippen LogP contribution in [0.25, 0.3) is 6.08 Å². The maximum absolute atomic E-state index is 12.4. The van der Waals surface area contributed by atoms with E-state index in [9.17, 15) is 14.9 Å². The van der Waals surface area contributed by atoms with Gasteiger partial charge in [0.1, 0.15) is 23.8 Å². The predicted molar refractivity (Wildman–Crippen MR) is 133 cm³/mol. The Bertz CT molecular complexity index is 1290. The van der Waals surface area contributed by atoms with E-state index in [0.717, 1.165) is 11.1 Å². The molecule has 0 aromatic heterocycles. The highest BCUT2D eigenvalue weighted by Crippen LogP contribution is 2.34. The predicted octanol–water partition coefficient (Wildman–Crippen LogP) is 5.73. The van der Waals surface area contributed by atoms with E-state index in [1.54, 1.807) is 48.5 Å². The Kier molecular flexibility index (Phi) is 7.15. The zero-order valence-corrected chi connectivity index (χ0v) is 19.4. The first kappa shape index (κ1) is 23.3. The van der Waals surface area contributed by atoms with Crippen LogP contribution in [-0.2, 0) is 11.4 Å². The highest BCUT2D eigenvalue weighted by atomic mass is 35.5.